The Morgan fingerprint density at radius 2 is 1.95 bits per heavy atom. The van der Waals surface area contributed by atoms with Crippen LogP contribution in [0, 0.1) is 26.2 Å². The number of terminal acetylenes is 1. The smallest absolute Gasteiger partial charge is 0.241 e. The second kappa shape index (κ2) is 6.41. The molecular weight excluding hydrogens is 300 g/mol. The van der Waals surface area contributed by atoms with Crippen LogP contribution >= 0.6 is 0 Å². The van der Waals surface area contributed by atoms with Crippen molar-refractivity contribution in [2.24, 2.45) is 0 Å². The normalized spacial score (nSPS) is 11.6. The SMILES string of the molecule is C#CC(C)(C)NC(=O)CN(c1cccc(C)c1C)S(C)(=O)=O. The van der Waals surface area contributed by atoms with E-state index in [1.165, 1.54) is 0 Å². The van der Waals surface area contributed by atoms with E-state index in [2.05, 4.69) is 11.2 Å². The van der Waals surface area contributed by atoms with Gasteiger partial charge in [0.05, 0.1) is 17.5 Å². The Balaban J connectivity index is 3.15. The number of hydrogen-bond donors (Lipinski definition) is 1. The van der Waals surface area contributed by atoms with Crippen molar-refractivity contribution in [2.45, 2.75) is 33.2 Å². The van der Waals surface area contributed by atoms with Gasteiger partial charge in [-0.2, -0.15) is 0 Å². The minimum Gasteiger partial charge on any atom is -0.339 e. The van der Waals surface area contributed by atoms with E-state index in [0.29, 0.717) is 5.69 Å². The number of anilines is 1. The van der Waals surface area contributed by atoms with Gasteiger partial charge in [-0.1, -0.05) is 18.1 Å². The van der Waals surface area contributed by atoms with E-state index in [9.17, 15) is 13.2 Å². The number of carbonyl (C=O) groups excluding carboxylic acids is 1. The van der Waals surface area contributed by atoms with Gasteiger partial charge in [0.2, 0.25) is 15.9 Å². The standard InChI is InChI=1S/C16H22N2O3S/c1-7-16(4,5)17-15(19)11-18(22(6,20)21)14-10-8-9-12(2)13(14)3/h1,8-10H,11H2,2-6H3,(H,17,19). The van der Waals surface area contributed by atoms with Crippen molar-refractivity contribution in [1.29, 1.82) is 0 Å². The van der Waals surface area contributed by atoms with E-state index in [-0.39, 0.29) is 6.54 Å². The van der Waals surface area contributed by atoms with E-state index in [4.69, 9.17) is 6.42 Å². The van der Waals surface area contributed by atoms with Crippen LogP contribution in [0.15, 0.2) is 18.2 Å². The molecule has 1 rings (SSSR count). The van der Waals surface area contributed by atoms with Gasteiger partial charge in [0, 0.05) is 0 Å². The number of hydrogen-bond acceptors (Lipinski definition) is 3. The van der Waals surface area contributed by atoms with Gasteiger partial charge >= 0.3 is 0 Å². The third-order valence-electron chi connectivity index (χ3n) is 3.35. The summed E-state index contributed by atoms with van der Waals surface area (Å²) in [5.41, 5.74) is 1.44. The van der Waals surface area contributed by atoms with Gasteiger partial charge < -0.3 is 5.32 Å². The lowest BCUT2D eigenvalue weighted by atomic mass is 10.1. The third kappa shape index (κ3) is 4.50. The molecule has 0 bridgehead atoms. The fourth-order valence-corrected chi connectivity index (χ4v) is 2.85. The van der Waals surface area contributed by atoms with E-state index >= 15 is 0 Å². The first kappa shape index (κ1) is 18.1. The molecule has 0 aliphatic rings. The molecule has 120 valence electrons. The summed E-state index contributed by atoms with van der Waals surface area (Å²) in [4.78, 5) is 12.1. The average Bonchev–Trinajstić information content (AvgIpc) is 2.38. The summed E-state index contributed by atoms with van der Waals surface area (Å²) < 4.78 is 25.2. The zero-order valence-electron chi connectivity index (χ0n) is 13.6. The maximum Gasteiger partial charge on any atom is 0.241 e. The second-order valence-electron chi connectivity index (χ2n) is 5.81. The molecule has 1 N–H and O–H groups in total. The first-order chi connectivity index (χ1) is 9.98. The van der Waals surface area contributed by atoms with E-state index < -0.39 is 21.5 Å². The Hall–Kier alpha value is -2.00. The molecule has 1 aromatic rings. The van der Waals surface area contributed by atoms with Gasteiger partial charge in [-0.05, 0) is 44.9 Å². The van der Waals surface area contributed by atoms with Gasteiger partial charge in [-0.15, -0.1) is 6.42 Å². The molecule has 0 saturated heterocycles. The van der Waals surface area contributed by atoms with Gasteiger partial charge in [-0.3, -0.25) is 9.10 Å². The van der Waals surface area contributed by atoms with E-state index in [1.54, 1.807) is 26.0 Å². The minimum absolute atomic E-state index is 0.311. The number of amides is 1. The van der Waals surface area contributed by atoms with Crippen molar-refractivity contribution < 1.29 is 13.2 Å². The van der Waals surface area contributed by atoms with Crippen LogP contribution in [0.1, 0.15) is 25.0 Å². The zero-order chi connectivity index (χ0) is 17.1. The Bertz CT molecular complexity index is 715. The molecule has 0 aliphatic heterocycles. The van der Waals surface area contributed by atoms with Crippen molar-refractivity contribution in [1.82, 2.24) is 5.32 Å². The van der Waals surface area contributed by atoms with Gasteiger partial charge in [-0.25, -0.2) is 8.42 Å². The molecule has 0 atom stereocenters. The highest BCUT2D eigenvalue weighted by atomic mass is 32.2. The molecule has 5 nitrogen and oxygen atoms in total. The summed E-state index contributed by atoms with van der Waals surface area (Å²) in [7, 11) is -3.59. The molecule has 0 spiro atoms. The topological polar surface area (TPSA) is 66.5 Å². The maximum absolute atomic E-state index is 12.1. The van der Waals surface area contributed by atoms with Crippen LogP contribution in [0.2, 0.25) is 0 Å². The number of rotatable bonds is 5. The van der Waals surface area contributed by atoms with Crippen molar-refractivity contribution >= 4 is 21.6 Å². The number of nitrogens with one attached hydrogen (secondary N) is 1. The predicted molar refractivity (Wildman–Crippen MR) is 89.2 cm³/mol. The molecular formula is C16H22N2O3S. The summed E-state index contributed by atoms with van der Waals surface area (Å²) >= 11 is 0. The van der Waals surface area contributed by atoms with Crippen LogP contribution in [0.25, 0.3) is 0 Å². The number of carbonyl (C=O) groups is 1. The number of benzene rings is 1. The van der Waals surface area contributed by atoms with Crippen LogP contribution in [0.5, 0.6) is 0 Å². The Kier molecular flexibility index (Phi) is 5.26. The molecule has 0 heterocycles. The summed E-state index contributed by atoms with van der Waals surface area (Å²) in [6.07, 6.45) is 6.41. The summed E-state index contributed by atoms with van der Waals surface area (Å²) in [6, 6.07) is 5.34. The second-order valence-corrected chi connectivity index (χ2v) is 7.71. The molecule has 0 aliphatic carbocycles. The Morgan fingerprint density at radius 3 is 2.45 bits per heavy atom. The average molecular weight is 322 g/mol. The first-order valence-corrected chi connectivity index (χ1v) is 8.65. The number of sulfonamides is 1. The Labute approximate surface area is 132 Å². The molecule has 1 amide bonds. The predicted octanol–water partition coefficient (Wildman–Crippen LogP) is 1.60. The van der Waals surface area contributed by atoms with Gasteiger partial charge in [0.15, 0.2) is 0 Å². The van der Waals surface area contributed by atoms with E-state index in [0.717, 1.165) is 21.7 Å². The lowest BCUT2D eigenvalue weighted by Gasteiger charge is -2.26. The minimum atomic E-state index is -3.59. The van der Waals surface area contributed by atoms with E-state index in [1.807, 2.05) is 19.9 Å². The monoisotopic (exact) mass is 322 g/mol. The Morgan fingerprint density at radius 1 is 1.36 bits per heavy atom. The van der Waals surface area contributed by atoms with Crippen molar-refractivity contribution in [3.05, 3.63) is 29.3 Å². The zero-order valence-corrected chi connectivity index (χ0v) is 14.4. The molecule has 1 aromatic carbocycles. The summed E-state index contributed by atoms with van der Waals surface area (Å²) in [5.74, 6) is 1.99. The molecule has 6 heteroatoms. The van der Waals surface area contributed by atoms with Crippen molar-refractivity contribution in [3.63, 3.8) is 0 Å². The molecule has 22 heavy (non-hydrogen) atoms. The van der Waals surface area contributed by atoms with Gasteiger partial charge in [0.25, 0.3) is 0 Å². The highest BCUT2D eigenvalue weighted by Crippen LogP contribution is 2.24. The first-order valence-electron chi connectivity index (χ1n) is 6.80. The highest BCUT2D eigenvalue weighted by molar-refractivity contribution is 7.92. The number of aryl methyl sites for hydroxylation is 1. The summed E-state index contributed by atoms with van der Waals surface area (Å²) in [6.45, 7) is 6.75. The van der Waals surface area contributed by atoms with Crippen molar-refractivity contribution in [3.8, 4) is 12.3 Å². The van der Waals surface area contributed by atoms with Crippen molar-refractivity contribution in [2.75, 3.05) is 17.1 Å². The fourth-order valence-electron chi connectivity index (χ4n) is 1.94. The molecule has 0 aromatic heterocycles. The molecule has 0 unspecified atom stereocenters. The highest BCUT2D eigenvalue weighted by Gasteiger charge is 2.25. The van der Waals surface area contributed by atoms with Crippen LogP contribution in [-0.4, -0.2) is 32.7 Å². The largest absolute Gasteiger partial charge is 0.339 e. The lowest BCUT2D eigenvalue weighted by Crippen LogP contribution is -2.48. The lowest BCUT2D eigenvalue weighted by molar-refractivity contribution is -0.120. The molecule has 0 saturated carbocycles. The maximum atomic E-state index is 12.1. The summed E-state index contributed by atoms with van der Waals surface area (Å²) in [5, 5.41) is 2.63. The molecule has 0 radical (unpaired) electrons. The fraction of sp³-hybridized carbons (Fsp3) is 0.438. The third-order valence-corrected chi connectivity index (χ3v) is 4.47. The number of nitrogens with zero attached hydrogens (tertiary/aromatic N) is 1. The quantitative estimate of drug-likeness (QED) is 0.837. The van der Waals surface area contributed by atoms with Crippen LogP contribution in [-0.2, 0) is 14.8 Å². The van der Waals surface area contributed by atoms with Crippen LogP contribution in [0.3, 0.4) is 0 Å². The van der Waals surface area contributed by atoms with Crippen LogP contribution in [0.4, 0.5) is 5.69 Å². The van der Waals surface area contributed by atoms with Gasteiger partial charge in [0.1, 0.15) is 6.54 Å². The van der Waals surface area contributed by atoms with Crippen LogP contribution < -0.4 is 9.62 Å². The molecule has 0 fully saturated rings.